The Labute approximate surface area is 113 Å². The SMILES string of the molecule is COC(=O)c1ccc(CNCCC2CCCCO2)o1. The van der Waals surface area contributed by atoms with Crippen molar-refractivity contribution in [3.05, 3.63) is 23.7 Å². The summed E-state index contributed by atoms with van der Waals surface area (Å²) in [5.74, 6) is 0.543. The zero-order valence-electron chi connectivity index (χ0n) is 11.3. The number of methoxy groups -OCH3 is 1. The van der Waals surface area contributed by atoms with Crippen LogP contribution in [0.2, 0.25) is 0 Å². The molecule has 0 bridgehead atoms. The second-order valence-electron chi connectivity index (χ2n) is 4.71. The topological polar surface area (TPSA) is 60.7 Å². The highest BCUT2D eigenvalue weighted by Crippen LogP contribution is 2.15. The van der Waals surface area contributed by atoms with Crippen molar-refractivity contribution >= 4 is 5.97 Å². The van der Waals surface area contributed by atoms with Crippen molar-refractivity contribution in [1.29, 1.82) is 0 Å². The van der Waals surface area contributed by atoms with Gasteiger partial charge in [0.15, 0.2) is 0 Å². The average molecular weight is 267 g/mol. The summed E-state index contributed by atoms with van der Waals surface area (Å²) >= 11 is 0. The van der Waals surface area contributed by atoms with Crippen LogP contribution in [-0.4, -0.2) is 32.3 Å². The molecule has 1 aliphatic rings. The van der Waals surface area contributed by atoms with E-state index in [1.54, 1.807) is 12.1 Å². The van der Waals surface area contributed by atoms with Crippen molar-refractivity contribution in [1.82, 2.24) is 5.32 Å². The quantitative estimate of drug-likeness (QED) is 0.632. The Morgan fingerprint density at radius 2 is 2.37 bits per heavy atom. The molecule has 0 saturated carbocycles. The van der Waals surface area contributed by atoms with Gasteiger partial charge >= 0.3 is 5.97 Å². The van der Waals surface area contributed by atoms with Crippen LogP contribution in [0.4, 0.5) is 0 Å². The van der Waals surface area contributed by atoms with E-state index >= 15 is 0 Å². The molecule has 1 saturated heterocycles. The highest BCUT2D eigenvalue weighted by Gasteiger charge is 2.13. The van der Waals surface area contributed by atoms with Crippen LogP contribution in [0.25, 0.3) is 0 Å². The second kappa shape index (κ2) is 7.31. The molecule has 106 valence electrons. The number of carbonyl (C=O) groups is 1. The predicted octanol–water partition coefficient (Wildman–Crippen LogP) is 2.12. The summed E-state index contributed by atoms with van der Waals surface area (Å²) in [6, 6.07) is 3.42. The van der Waals surface area contributed by atoms with E-state index in [2.05, 4.69) is 10.1 Å². The summed E-state index contributed by atoms with van der Waals surface area (Å²) in [6.45, 7) is 2.40. The summed E-state index contributed by atoms with van der Waals surface area (Å²) in [4.78, 5) is 11.2. The van der Waals surface area contributed by atoms with E-state index in [1.165, 1.54) is 20.0 Å². The van der Waals surface area contributed by atoms with Crippen LogP contribution in [0, 0.1) is 0 Å². The number of ether oxygens (including phenoxy) is 2. The Hall–Kier alpha value is -1.33. The van der Waals surface area contributed by atoms with Crippen LogP contribution in [-0.2, 0) is 16.0 Å². The Kier molecular flexibility index (Phi) is 5.42. The molecule has 1 N–H and O–H groups in total. The van der Waals surface area contributed by atoms with Gasteiger partial charge in [-0.15, -0.1) is 0 Å². The molecule has 0 amide bonds. The van der Waals surface area contributed by atoms with Crippen LogP contribution in [0.3, 0.4) is 0 Å². The lowest BCUT2D eigenvalue weighted by atomic mass is 10.1. The first-order valence-corrected chi connectivity index (χ1v) is 6.79. The lowest BCUT2D eigenvalue weighted by Crippen LogP contribution is -2.25. The Bertz CT molecular complexity index is 396. The summed E-state index contributed by atoms with van der Waals surface area (Å²) < 4.78 is 15.6. The number of carbonyl (C=O) groups excluding carboxylic acids is 1. The maximum atomic E-state index is 11.2. The van der Waals surface area contributed by atoms with Crippen molar-refractivity contribution in [3.63, 3.8) is 0 Å². The molecule has 0 spiro atoms. The van der Waals surface area contributed by atoms with Gasteiger partial charge in [0.2, 0.25) is 5.76 Å². The first-order chi connectivity index (χ1) is 9.29. The fourth-order valence-electron chi connectivity index (χ4n) is 2.19. The van der Waals surface area contributed by atoms with Gasteiger partial charge in [-0.05, 0) is 44.4 Å². The van der Waals surface area contributed by atoms with Gasteiger partial charge in [-0.2, -0.15) is 0 Å². The van der Waals surface area contributed by atoms with E-state index in [9.17, 15) is 4.79 Å². The van der Waals surface area contributed by atoms with E-state index < -0.39 is 5.97 Å². The van der Waals surface area contributed by atoms with E-state index in [0.717, 1.165) is 31.8 Å². The molecule has 1 unspecified atom stereocenters. The third kappa shape index (κ3) is 4.36. The molecule has 2 heterocycles. The molecule has 1 aromatic rings. The Balaban J connectivity index is 1.65. The van der Waals surface area contributed by atoms with Crippen molar-refractivity contribution in [2.75, 3.05) is 20.3 Å². The number of rotatable bonds is 6. The zero-order valence-corrected chi connectivity index (χ0v) is 11.3. The second-order valence-corrected chi connectivity index (χ2v) is 4.71. The van der Waals surface area contributed by atoms with Crippen LogP contribution in [0.15, 0.2) is 16.5 Å². The maximum absolute atomic E-state index is 11.2. The molecule has 1 aromatic heterocycles. The van der Waals surface area contributed by atoms with Crippen LogP contribution in [0.1, 0.15) is 42.0 Å². The number of furan rings is 1. The fraction of sp³-hybridized carbons (Fsp3) is 0.643. The lowest BCUT2D eigenvalue weighted by Gasteiger charge is -2.22. The zero-order chi connectivity index (χ0) is 13.5. The molecule has 0 aromatic carbocycles. The monoisotopic (exact) mass is 267 g/mol. The Morgan fingerprint density at radius 1 is 1.47 bits per heavy atom. The lowest BCUT2D eigenvalue weighted by molar-refractivity contribution is 0.0115. The summed E-state index contributed by atoms with van der Waals surface area (Å²) in [6.07, 6.45) is 5.03. The molecule has 19 heavy (non-hydrogen) atoms. The smallest absolute Gasteiger partial charge is 0.373 e. The highest BCUT2D eigenvalue weighted by molar-refractivity contribution is 5.86. The Morgan fingerprint density at radius 3 is 3.11 bits per heavy atom. The minimum absolute atomic E-state index is 0.245. The van der Waals surface area contributed by atoms with Crippen LogP contribution >= 0.6 is 0 Å². The molecule has 2 rings (SSSR count). The van der Waals surface area contributed by atoms with Gasteiger partial charge in [-0.3, -0.25) is 0 Å². The van der Waals surface area contributed by atoms with Crippen LogP contribution < -0.4 is 5.32 Å². The summed E-state index contributed by atoms with van der Waals surface area (Å²) in [7, 11) is 1.34. The molecule has 1 fully saturated rings. The third-order valence-electron chi connectivity index (χ3n) is 3.26. The molecule has 0 radical (unpaired) electrons. The van der Waals surface area contributed by atoms with Crippen molar-refractivity contribution in [2.24, 2.45) is 0 Å². The number of hydrogen-bond acceptors (Lipinski definition) is 5. The molecule has 5 heteroatoms. The van der Waals surface area contributed by atoms with E-state index in [4.69, 9.17) is 9.15 Å². The highest BCUT2D eigenvalue weighted by atomic mass is 16.5. The van der Waals surface area contributed by atoms with E-state index in [1.807, 2.05) is 0 Å². The molecule has 0 aliphatic carbocycles. The molecule has 1 atom stereocenters. The van der Waals surface area contributed by atoms with Gasteiger partial charge in [0.1, 0.15) is 5.76 Å². The summed E-state index contributed by atoms with van der Waals surface area (Å²) in [5.41, 5.74) is 0. The first kappa shape index (κ1) is 14.1. The third-order valence-corrected chi connectivity index (χ3v) is 3.26. The van der Waals surface area contributed by atoms with Crippen molar-refractivity contribution in [3.8, 4) is 0 Å². The number of nitrogens with one attached hydrogen (secondary N) is 1. The van der Waals surface area contributed by atoms with Gasteiger partial charge < -0.3 is 19.2 Å². The van der Waals surface area contributed by atoms with Crippen molar-refractivity contribution in [2.45, 2.75) is 38.3 Å². The maximum Gasteiger partial charge on any atom is 0.373 e. The van der Waals surface area contributed by atoms with E-state index in [0.29, 0.717) is 12.6 Å². The first-order valence-electron chi connectivity index (χ1n) is 6.79. The van der Waals surface area contributed by atoms with Gasteiger partial charge in [0.05, 0.1) is 19.8 Å². The standard InChI is InChI=1S/C14H21NO4/c1-17-14(16)13-6-5-12(19-13)10-15-8-7-11-4-2-3-9-18-11/h5-6,11,15H,2-4,7-10H2,1H3. The van der Waals surface area contributed by atoms with Crippen LogP contribution in [0.5, 0.6) is 0 Å². The molecular formula is C14H21NO4. The predicted molar refractivity (Wildman–Crippen MR) is 70.0 cm³/mol. The van der Waals surface area contributed by atoms with Gasteiger partial charge in [-0.1, -0.05) is 0 Å². The molecular weight excluding hydrogens is 246 g/mol. The van der Waals surface area contributed by atoms with Gasteiger partial charge in [-0.25, -0.2) is 4.79 Å². The normalized spacial score (nSPS) is 19.3. The largest absolute Gasteiger partial charge is 0.463 e. The molecule has 1 aliphatic heterocycles. The fourth-order valence-corrected chi connectivity index (χ4v) is 2.19. The van der Waals surface area contributed by atoms with Crippen molar-refractivity contribution < 1.29 is 18.7 Å². The minimum Gasteiger partial charge on any atom is -0.463 e. The average Bonchev–Trinajstić information content (AvgIpc) is 2.93. The van der Waals surface area contributed by atoms with E-state index in [-0.39, 0.29) is 5.76 Å². The van der Waals surface area contributed by atoms with Gasteiger partial charge in [0.25, 0.3) is 0 Å². The molecule has 5 nitrogen and oxygen atoms in total. The minimum atomic E-state index is -0.443. The summed E-state index contributed by atoms with van der Waals surface area (Å²) in [5, 5.41) is 3.29. The number of hydrogen-bond donors (Lipinski definition) is 1. The van der Waals surface area contributed by atoms with Gasteiger partial charge in [0, 0.05) is 6.61 Å². The number of esters is 1.